The van der Waals surface area contributed by atoms with Crippen molar-refractivity contribution in [1.82, 2.24) is 0 Å². The molecule has 1 aliphatic heterocycles. The van der Waals surface area contributed by atoms with E-state index in [9.17, 15) is 14.9 Å². The highest BCUT2D eigenvalue weighted by Gasteiger charge is 2.24. The van der Waals surface area contributed by atoms with Crippen molar-refractivity contribution in [3.63, 3.8) is 0 Å². The van der Waals surface area contributed by atoms with Crippen LogP contribution in [0.25, 0.3) is 0 Å². The second kappa shape index (κ2) is 8.10. The molecule has 1 aliphatic rings. The second-order valence-corrected chi connectivity index (χ2v) is 6.62. The van der Waals surface area contributed by atoms with E-state index in [0.717, 1.165) is 31.6 Å². The molecule has 0 amide bonds. The number of benzene rings is 2. The van der Waals surface area contributed by atoms with Crippen LogP contribution in [0.2, 0.25) is 0 Å². The van der Waals surface area contributed by atoms with Crippen molar-refractivity contribution >= 4 is 17.2 Å². The van der Waals surface area contributed by atoms with Crippen molar-refractivity contribution in [1.29, 1.82) is 0 Å². The average molecular weight is 354 g/mol. The van der Waals surface area contributed by atoms with E-state index >= 15 is 0 Å². The predicted molar refractivity (Wildman–Crippen MR) is 99.4 cm³/mol. The molecule has 2 unspecified atom stereocenters. The number of nitrogens with one attached hydrogen (secondary N) is 1. The SMILES string of the molecule is CC(=O)c1ccc(NC(CC2CCOC2)c2ccccc2)c([N+](=O)[O-])c1. The molecule has 1 saturated heterocycles. The molecule has 2 aromatic carbocycles. The summed E-state index contributed by atoms with van der Waals surface area (Å²) in [6, 6.07) is 14.4. The van der Waals surface area contributed by atoms with Crippen molar-refractivity contribution in [3.05, 3.63) is 69.8 Å². The van der Waals surface area contributed by atoms with E-state index in [0.29, 0.717) is 17.2 Å². The summed E-state index contributed by atoms with van der Waals surface area (Å²) in [4.78, 5) is 22.6. The summed E-state index contributed by atoms with van der Waals surface area (Å²) in [5.74, 6) is 0.227. The van der Waals surface area contributed by atoms with Crippen LogP contribution in [0.3, 0.4) is 0 Å². The van der Waals surface area contributed by atoms with Gasteiger partial charge in [-0.05, 0) is 43.4 Å². The lowest BCUT2D eigenvalue weighted by Gasteiger charge is -2.23. The number of nitro benzene ring substituents is 1. The molecule has 1 heterocycles. The predicted octanol–water partition coefficient (Wildman–Crippen LogP) is 4.38. The van der Waals surface area contributed by atoms with Gasteiger partial charge in [-0.15, -0.1) is 0 Å². The lowest BCUT2D eigenvalue weighted by molar-refractivity contribution is -0.384. The van der Waals surface area contributed by atoms with Crippen molar-refractivity contribution < 1.29 is 14.5 Å². The minimum Gasteiger partial charge on any atom is -0.381 e. The average Bonchev–Trinajstić information content (AvgIpc) is 3.15. The highest BCUT2D eigenvalue weighted by Crippen LogP contribution is 2.33. The summed E-state index contributed by atoms with van der Waals surface area (Å²) in [5.41, 5.74) is 1.75. The van der Waals surface area contributed by atoms with Crippen LogP contribution >= 0.6 is 0 Å². The molecule has 0 bridgehead atoms. The van der Waals surface area contributed by atoms with E-state index in [1.165, 1.54) is 13.0 Å². The van der Waals surface area contributed by atoms with Gasteiger partial charge in [0.25, 0.3) is 5.69 Å². The van der Waals surface area contributed by atoms with E-state index in [1.807, 2.05) is 30.3 Å². The molecule has 2 atom stereocenters. The fourth-order valence-corrected chi connectivity index (χ4v) is 3.28. The zero-order valence-corrected chi connectivity index (χ0v) is 14.7. The molecule has 1 N–H and O–H groups in total. The number of hydrogen-bond donors (Lipinski definition) is 1. The van der Waals surface area contributed by atoms with E-state index in [4.69, 9.17) is 4.74 Å². The Hall–Kier alpha value is -2.73. The van der Waals surface area contributed by atoms with Gasteiger partial charge in [0.2, 0.25) is 0 Å². The number of nitrogens with zero attached hydrogens (tertiary/aromatic N) is 1. The number of ether oxygens (including phenoxy) is 1. The van der Waals surface area contributed by atoms with Crippen LogP contribution in [0.5, 0.6) is 0 Å². The van der Waals surface area contributed by atoms with E-state index in [1.54, 1.807) is 12.1 Å². The van der Waals surface area contributed by atoms with Gasteiger partial charge in [-0.2, -0.15) is 0 Å². The first kappa shape index (κ1) is 18.1. The number of rotatable bonds is 7. The fourth-order valence-electron chi connectivity index (χ4n) is 3.28. The minimum absolute atomic E-state index is 0.0650. The molecule has 6 heteroatoms. The molecule has 0 spiro atoms. The summed E-state index contributed by atoms with van der Waals surface area (Å²) in [5, 5.41) is 14.8. The maximum Gasteiger partial charge on any atom is 0.293 e. The third-order valence-electron chi connectivity index (χ3n) is 4.73. The van der Waals surface area contributed by atoms with Gasteiger partial charge in [0.05, 0.1) is 11.0 Å². The number of carbonyl (C=O) groups is 1. The zero-order valence-electron chi connectivity index (χ0n) is 14.7. The lowest BCUT2D eigenvalue weighted by atomic mass is 9.93. The fraction of sp³-hybridized carbons (Fsp3) is 0.350. The number of ketones is 1. The third kappa shape index (κ3) is 4.26. The van der Waals surface area contributed by atoms with Crippen LogP contribution in [0, 0.1) is 16.0 Å². The van der Waals surface area contributed by atoms with Gasteiger partial charge in [-0.25, -0.2) is 0 Å². The molecule has 136 valence electrons. The van der Waals surface area contributed by atoms with E-state index in [2.05, 4.69) is 5.32 Å². The number of nitro groups is 1. The number of anilines is 1. The zero-order chi connectivity index (χ0) is 18.5. The van der Waals surface area contributed by atoms with Crippen LogP contribution in [-0.2, 0) is 4.74 Å². The minimum atomic E-state index is -0.449. The largest absolute Gasteiger partial charge is 0.381 e. The van der Waals surface area contributed by atoms with Gasteiger partial charge in [0.15, 0.2) is 5.78 Å². The number of Topliss-reactive ketones (excluding diaryl/α,β-unsaturated/α-hetero) is 1. The number of carbonyl (C=O) groups excluding carboxylic acids is 1. The third-order valence-corrected chi connectivity index (χ3v) is 4.73. The highest BCUT2D eigenvalue weighted by atomic mass is 16.6. The molecule has 1 fully saturated rings. The molecule has 0 aromatic heterocycles. The summed E-state index contributed by atoms with van der Waals surface area (Å²) < 4.78 is 5.47. The Bertz CT molecular complexity index is 786. The Morgan fingerprint density at radius 3 is 2.69 bits per heavy atom. The van der Waals surface area contributed by atoms with Gasteiger partial charge in [0.1, 0.15) is 5.69 Å². The van der Waals surface area contributed by atoms with Crippen LogP contribution in [0.4, 0.5) is 11.4 Å². The van der Waals surface area contributed by atoms with Crippen LogP contribution < -0.4 is 5.32 Å². The second-order valence-electron chi connectivity index (χ2n) is 6.62. The molecule has 26 heavy (non-hydrogen) atoms. The Labute approximate surface area is 152 Å². The van der Waals surface area contributed by atoms with E-state index in [-0.39, 0.29) is 17.5 Å². The van der Waals surface area contributed by atoms with E-state index < -0.39 is 4.92 Å². The Morgan fingerprint density at radius 1 is 1.31 bits per heavy atom. The molecular formula is C20H22N2O4. The topological polar surface area (TPSA) is 81.5 Å². The Kier molecular flexibility index (Phi) is 5.63. The van der Waals surface area contributed by atoms with Crippen molar-refractivity contribution in [3.8, 4) is 0 Å². The van der Waals surface area contributed by atoms with Crippen molar-refractivity contribution in [2.75, 3.05) is 18.5 Å². The highest BCUT2D eigenvalue weighted by molar-refractivity contribution is 5.95. The first-order valence-electron chi connectivity index (χ1n) is 8.73. The summed E-state index contributed by atoms with van der Waals surface area (Å²) >= 11 is 0. The van der Waals surface area contributed by atoms with Crippen LogP contribution in [-0.4, -0.2) is 23.9 Å². The summed E-state index contributed by atoms with van der Waals surface area (Å²) in [7, 11) is 0. The molecule has 0 radical (unpaired) electrons. The first-order valence-corrected chi connectivity index (χ1v) is 8.73. The molecule has 0 saturated carbocycles. The van der Waals surface area contributed by atoms with Crippen molar-refractivity contribution in [2.45, 2.75) is 25.8 Å². The van der Waals surface area contributed by atoms with Gasteiger partial charge < -0.3 is 10.1 Å². The Balaban J connectivity index is 1.90. The monoisotopic (exact) mass is 354 g/mol. The molecule has 3 rings (SSSR count). The summed E-state index contributed by atoms with van der Waals surface area (Å²) in [6.07, 6.45) is 1.83. The van der Waals surface area contributed by atoms with Gasteiger partial charge >= 0.3 is 0 Å². The molecule has 6 nitrogen and oxygen atoms in total. The van der Waals surface area contributed by atoms with Gasteiger partial charge in [-0.3, -0.25) is 14.9 Å². The van der Waals surface area contributed by atoms with Crippen LogP contribution in [0.1, 0.15) is 41.7 Å². The molecule has 2 aromatic rings. The lowest BCUT2D eigenvalue weighted by Crippen LogP contribution is -2.16. The molecular weight excluding hydrogens is 332 g/mol. The van der Waals surface area contributed by atoms with Gasteiger partial charge in [-0.1, -0.05) is 30.3 Å². The van der Waals surface area contributed by atoms with Crippen molar-refractivity contribution in [2.24, 2.45) is 5.92 Å². The first-order chi connectivity index (χ1) is 12.5. The normalized spacial score (nSPS) is 17.7. The molecule has 0 aliphatic carbocycles. The quantitative estimate of drug-likeness (QED) is 0.453. The number of hydrogen-bond acceptors (Lipinski definition) is 5. The maximum absolute atomic E-state index is 11.5. The van der Waals surface area contributed by atoms with Crippen LogP contribution in [0.15, 0.2) is 48.5 Å². The Morgan fingerprint density at radius 2 is 2.08 bits per heavy atom. The summed E-state index contributed by atoms with van der Waals surface area (Å²) in [6.45, 7) is 2.88. The maximum atomic E-state index is 11.5. The smallest absolute Gasteiger partial charge is 0.293 e. The standard InChI is InChI=1S/C20H22N2O4/c1-14(23)17-7-8-18(20(12-17)22(24)25)21-19(11-15-9-10-26-13-15)16-5-3-2-4-6-16/h2-8,12,15,19,21H,9-11,13H2,1H3. The van der Waals surface area contributed by atoms with Gasteiger partial charge in [0, 0.05) is 24.8 Å².